The fourth-order valence-corrected chi connectivity index (χ4v) is 6.30. The molecule has 1 aromatic carbocycles. The quantitative estimate of drug-likeness (QED) is 0.138. The van der Waals surface area contributed by atoms with Crippen molar-refractivity contribution in [1.82, 2.24) is 85.6 Å². The topological polar surface area (TPSA) is 219 Å². The van der Waals surface area contributed by atoms with Crippen LogP contribution >= 0.6 is 0 Å². The molecular formula is C80H131N17. The van der Waals surface area contributed by atoms with Crippen LogP contribution in [-0.2, 0) is 0 Å². The van der Waals surface area contributed by atoms with Crippen LogP contribution in [0.2, 0.25) is 0 Å². The van der Waals surface area contributed by atoms with Crippen LogP contribution in [0.15, 0.2) is 122 Å². The molecule has 97 heavy (non-hydrogen) atoms. The molecule has 0 saturated carbocycles. The van der Waals surface area contributed by atoms with Gasteiger partial charge in [-0.1, -0.05) is 144 Å². The summed E-state index contributed by atoms with van der Waals surface area (Å²) in [4.78, 5) is 36.5. The van der Waals surface area contributed by atoms with Gasteiger partial charge in [-0.25, -0.2) is 24.9 Å². The zero-order valence-electron chi connectivity index (χ0n) is 67.6. The zero-order chi connectivity index (χ0) is 76.4. The molecule has 0 saturated heterocycles. The van der Waals surface area contributed by atoms with Gasteiger partial charge in [0.05, 0.1) is 45.6 Å². The van der Waals surface area contributed by atoms with E-state index in [4.69, 9.17) is 0 Å². The Kier molecular flexibility index (Phi) is 71.6. The van der Waals surface area contributed by atoms with Crippen molar-refractivity contribution >= 4 is 0 Å². The third kappa shape index (κ3) is 62.9. The normalized spacial score (nSPS) is 8.46. The van der Waals surface area contributed by atoms with Crippen molar-refractivity contribution in [3.63, 3.8) is 0 Å². The van der Waals surface area contributed by atoms with E-state index in [1.54, 1.807) is 6.20 Å². The van der Waals surface area contributed by atoms with Gasteiger partial charge < -0.3 is 0 Å². The van der Waals surface area contributed by atoms with E-state index in [0.717, 1.165) is 97.3 Å². The van der Waals surface area contributed by atoms with Crippen LogP contribution in [-0.4, -0.2) is 85.6 Å². The Morgan fingerprint density at radius 1 is 0.196 bits per heavy atom. The summed E-state index contributed by atoms with van der Waals surface area (Å²) >= 11 is 0. The van der Waals surface area contributed by atoms with E-state index in [-0.39, 0.29) is 0 Å². The number of aryl methyl sites for hydroxylation is 23. The predicted octanol–water partition coefficient (Wildman–Crippen LogP) is 20.9. The van der Waals surface area contributed by atoms with Crippen LogP contribution in [0.1, 0.15) is 228 Å². The lowest BCUT2D eigenvalue weighted by Gasteiger charge is -1.94. The van der Waals surface area contributed by atoms with Gasteiger partial charge in [0, 0.05) is 59.5 Å². The second kappa shape index (κ2) is 68.4. The summed E-state index contributed by atoms with van der Waals surface area (Å²) in [5.41, 5.74) is 20.6. The Morgan fingerprint density at radius 3 is 0.670 bits per heavy atom. The number of nitrogens with zero attached hydrogens (tertiary/aromatic N) is 17. The average Bonchev–Trinajstić information content (AvgIpc) is 2.27. The Morgan fingerprint density at radius 2 is 0.485 bits per heavy atom. The summed E-state index contributed by atoms with van der Waals surface area (Å²) in [5, 5.41) is 30.6. The molecule has 0 aliphatic rings. The number of aromatic nitrogens is 17. The SMILES string of the molecule is CC.CC.CC.CC.CC.CC.CC.Cc1ccc(C)nn1.Cc1cccc(C)c1.Cc1cccc(C)n1.Cc1ccnc(C)c1.Cc1ccnc(C)c1.Cc1ccnc(C)n1.Cc1cncc(C)c1.Cc1nnc(C)c(C)n1.Cc1nnc(C)c(C)n1.Cc1nnc(C)c(C)n1. The van der Waals surface area contributed by atoms with Crippen LogP contribution in [0.4, 0.5) is 0 Å². The Hall–Kier alpha value is -8.99. The molecular weight excluding hydrogens is 1200 g/mol. The van der Waals surface area contributed by atoms with Crippen LogP contribution in [0.25, 0.3) is 0 Å². The molecule has 10 rings (SSSR count). The third-order valence-electron chi connectivity index (χ3n) is 10.8. The first-order chi connectivity index (χ1) is 46.1. The summed E-state index contributed by atoms with van der Waals surface area (Å²) in [6.45, 7) is 73.0. The fourth-order valence-electron chi connectivity index (χ4n) is 6.30. The van der Waals surface area contributed by atoms with E-state index in [1.165, 1.54) is 33.4 Å². The summed E-state index contributed by atoms with van der Waals surface area (Å²) in [7, 11) is 0. The molecule has 10 aromatic rings. The van der Waals surface area contributed by atoms with E-state index in [0.29, 0.717) is 0 Å². The molecule has 0 unspecified atom stereocenters. The molecule has 0 fully saturated rings. The lowest BCUT2D eigenvalue weighted by atomic mass is 10.2. The van der Waals surface area contributed by atoms with Crippen molar-refractivity contribution in [2.45, 2.75) is 256 Å². The smallest absolute Gasteiger partial charge is 0.148 e. The predicted molar refractivity (Wildman–Crippen MR) is 415 cm³/mol. The van der Waals surface area contributed by atoms with Crippen molar-refractivity contribution in [3.8, 4) is 0 Å². The van der Waals surface area contributed by atoms with Gasteiger partial charge in [0.2, 0.25) is 0 Å². The standard InChI is InChI=1S/C8H10.4C7H9N.3C6H9N3.2C6H8N2.7C2H6/c1-7-4-3-5-8(2)6-7;1-6-3-7(2)5-8-4-6;2*1-6-3-4-8-7(2)5-6;1-6-4-3-5-7(2)8-6;3*1-4-5(2)8-9-6(3)7-4;1-5-3-4-7-6(2)8-5;1-5-3-4-6(2)8-7-5;7*1-2/h3-6H,1-2H3;4*3-5H,1-2H3;3*1-3H3;2*3-4H,1-2H3;7*1-2H3. The highest BCUT2D eigenvalue weighted by atomic mass is 15.2. The van der Waals surface area contributed by atoms with Crippen molar-refractivity contribution < 1.29 is 0 Å². The average molecular weight is 1330 g/mol. The zero-order valence-corrected chi connectivity index (χ0v) is 67.6. The molecule has 0 radical (unpaired) electrons. The Labute approximate surface area is 591 Å². The second-order valence-corrected chi connectivity index (χ2v) is 19.7. The van der Waals surface area contributed by atoms with Gasteiger partial charge in [0.25, 0.3) is 0 Å². The number of pyridine rings is 4. The maximum Gasteiger partial charge on any atom is 0.148 e. The van der Waals surface area contributed by atoms with Crippen LogP contribution in [0, 0.1) is 159 Å². The molecule has 17 nitrogen and oxygen atoms in total. The van der Waals surface area contributed by atoms with E-state index in [9.17, 15) is 0 Å². The minimum Gasteiger partial charge on any atom is -0.264 e. The monoisotopic (exact) mass is 1330 g/mol. The van der Waals surface area contributed by atoms with E-state index in [2.05, 4.69) is 156 Å². The highest BCUT2D eigenvalue weighted by molar-refractivity contribution is 5.20. The summed E-state index contributed by atoms with van der Waals surface area (Å²) in [6.07, 6.45) is 9.12. The van der Waals surface area contributed by atoms with Gasteiger partial charge >= 0.3 is 0 Å². The first-order valence-electron chi connectivity index (χ1n) is 34.2. The molecule has 0 bridgehead atoms. The molecule has 0 N–H and O–H groups in total. The molecule has 0 atom stereocenters. The molecule has 0 aliphatic carbocycles. The number of hydrogen-bond acceptors (Lipinski definition) is 17. The van der Waals surface area contributed by atoms with Gasteiger partial charge in [0.1, 0.15) is 23.3 Å². The van der Waals surface area contributed by atoms with E-state index in [1.807, 2.05) is 302 Å². The fraction of sp³-hybridized carbons (Fsp3) is 0.463. The lowest BCUT2D eigenvalue weighted by molar-refractivity contribution is 0.848. The molecule has 0 aliphatic heterocycles. The van der Waals surface area contributed by atoms with Gasteiger partial charge in [-0.2, -0.15) is 25.5 Å². The van der Waals surface area contributed by atoms with Gasteiger partial charge in [-0.05, 0) is 236 Å². The molecule has 536 valence electrons. The van der Waals surface area contributed by atoms with Crippen molar-refractivity contribution in [3.05, 3.63) is 253 Å². The first kappa shape index (κ1) is 102. The molecule has 0 amide bonds. The van der Waals surface area contributed by atoms with Crippen LogP contribution in [0.5, 0.6) is 0 Å². The Balaban J connectivity index is -0.000000182. The lowest BCUT2D eigenvalue weighted by Crippen LogP contribution is -1.97. The van der Waals surface area contributed by atoms with Crippen molar-refractivity contribution in [2.75, 3.05) is 0 Å². The largest absolute Gasteiger partial charge is 0.264 e. The third-order valence-corrected chi connectivity index (χ3v) is 10.8. The molecule has 17 heteroatoms. The van der Waals surface area contributed by atoms with Gasteiger partial charge in [-0.3, -0.25) is 19.9 Å². The number of rotatable bonds is 0. The van der Waals surface area contributed by atoms with Gasteiger partial charge in [-0.15, -0.1) is 15.3 Å². The highest BCUT2D eigenvalue weighted by Crippen LogP contribution is 2.02. The number of benzene rings is 1. The minimum atomic E-state index is 0.734. The van der Waals surface area contributed by atoms with Crippen LogP contribution < -0.4 is 0 Å². The second-order valence-electron chi connectivity index (χ2n) is 19.7. The summed E-state index contributed by atoms with van der Waals surface area (Å²) in [6, 6.07) is 30.4. The Bertz CT molecular complexity index is 2850. The number of hydrogen-bond donors (Lipinski definition) is 0. The first-order valence-corrected chi connectivity index (χ1v) is 34.2. The van der Waals surface area contributed by atoms with Crippen LogP contribution in [0.3, 0.4) is 0 Å². The maximum absolute atomic E-state index is 4.17. The van der Waals surface area contributed by atoms with Crippen molar-refractivity contribution in [2.24, 2.45) is 0 Å². The molecule has 9 heterocycles. The van der Waals surface area contributed by atoms with E-state index >= 15 is 0 Å². The highest BCUT2D eigenvalue weighted by Gasteiger charge is 1.96. The van der Waals surface area contributed by atoms with E-state index < -0.39 is 0 Å². The summed E-state index contributed by atoms with van der Waals surface area (Å²) in [5.74, 6) is 3.04. The molecule has 9 aromatic heterocycles. The minimum absolute atomic E-state index is 0.734. The maximum atomic E-state index is 4.17. The molecule has 0 spiro atoms. The van der Waals surface area contributed by atoms with Gasteiger partial charge in [0.15, 0.2) is 0 Å². The van der Waals surface area contributed by atoms with Crippen molar-refractivity contribution in [1.29, 1.82) is 0 Å². The summed E-state index contributed by atoms with van der Waals surface area (Å²) < 4.78 is 0.